The van der Waals surface area contributed by atoms with E-state index in [0.717, 1.165) is 35.4 Å². The largest absolute Gasteiger partial charge is 0.744 e. The number of rotatable bonds is 14. The lowest BCUT2D eigenvalue weighted by Crippen LogP contribution is -2.33. The van der Waals surface area contributed by atoms with Gasteiger partial charge in [0.2, 0.25) is 0 Å². The van der Waals surface area contributed by atoms with Crippen LogP contribution in [0.3, 0.4) is 0 Å². The Morgan fingerprint density at radius 3 is 2.00 bits per heavy atom. The molecular weight excluding hydrogens is 544 g/mol. The molecule has 0 fully saturated rings. The first-order chi connectivity index (χ1) is 19.3. The van der Waals surface area contributed by atoms with Crippen LogP contribution in [-0.4, -0.2) is 36.9 Å². The fraction of sp³-hybridized carbons (Fsp3) is 0.406. The number of aromatic hydroxyl groups is 1. The van der Waals surface area contributed by atoms with Gasteiger partial charge in [0.05, 0.1) is 10.3 Å². The minimum Gasteiger partial charge on any atom is -0.744 e. The van der Waals surface area contributed by atoms with Crippen molar-refractivity contribution in [2.24, 2.45) is 5.41 Å². The van der Waals surface area contributed by atoms with Crippen LogP contribution < -0.4 is 9.47 Å². The number of hydrogen-bond donors (Lipinski definition) is 1. The highest BCUT2D eigenvalue weighted by Crippen LogP contribution is 2.41. The average molecular weight is 584 g/mol. The van der Waals surface area contributed by atoms with E-state index in [-0.39, 0.29) is 34.5 Å². The van der Waals surface area contributed by atoms with Crippen LogP contribution >= 0.6 is 0 Å². The molecule has 4 unspecified atom stereocenters. The number of phenols is 1. The van der Waals surface area contributed by atoms with E-state index in [1.165, 1.54) is 12.1 Å². The molecule has 222 valence electrons. The monoisotopic (exact) mass is 583 g/mol. The van der Waals surface area contributed by atoms with Gasteiger partial charge < -0.3 is 23.9 Å². The van der Waals surface area contributed by atoms with Gasteiger partial charge in [-0.25, -0.2) is 8.42 Å². The fourth-order valence-corrected chi connectivity index (χ4v) is 5.27. The second-order valence-electron chi connectivity index (χ2n) is 10.6. The van der Waals surface area contributed by atoms with Crippen molar-refractivity contribution in [1.29, 1.82) is 0 Å². The predicted octanol–water partition coefficient (Wildman–Crippen LogP) is 6.75. The Kier molecular flexibility index (Phi) is 11.0. The molecular formula is C32H39O8S-. The second kappa shape index (κ2) is 14.0. The lowest BCUT2D eigenvalue weighted by molar-refractivity contribution is -0.146. The Balaban J connectivity index is 1.80. The summed E-state index contributed by atoms with van der Waals surface area (Å²) in [6.07, 6.45) is 1.38. The summed E-state index contributed by atoms with van der Waals surface area (Å²) in [5.74, 6) is 0.713. The van der Waals surface area contributed by atoms with E-state index < -0.39 is 21.5 Å². The van der Waals surface area contributed by atoms with Gasteiger partial charge in [-0.15, -0.1) is 0 Å². The molecule has 9 heteroatoms. The maximum Gasteiger partial charge on any atom is 0.317 e. The minimum atomic E-state index is -4.60. The van der Waals surface area contributed by atoms with Crippen LogP contribution in [0.5, 0.6) is 17.2 Å². The molecule has 0 aliphatic heterocycles. The van der Waals surface area contributed by atoms with Gasteiger partial charge >= 0.3 is 5.97 Å². The molecule has 0 amide bonds. The summed E-state index contributed by atoms with van der Waals surface area (Å²) in [5.41, 5.74) is 1.26. The van der Waals surface area contributed by atoms with Crippen molar-refractivity contribution in [2.45, 2.75) is 76.9 Å². The first kappa shape index (κ1) is 32.1. The van der Waals surface area contributed by atoms with Crippen LogP contribution in [0.1, 0.15) is 76.8 Å². The molecule has 3 aromatic carbocycles. The molecule has 1 N–H and O–H groups in total. The quantitative estimate of drug-likeness (QED) is 0.0957. The number of esters is 1. The smallest absolute Gasteiger partial charge is 0.317 e. The highest BCUT2D eigenvalue weighted by atomic mass is 32.2. The molecule has 0 aromatic heterocycles. The van der Waals surface area contributed by atoms with Gasteiger partial charge in [0.25, 0.3) is 0 Å². The highest BCUT2D eigenvalue weighted by molar-refractivity contribution is 7.85. The standard InChI is InChI=1S/C32H40O8S/c1-6-32(5,31(34)40-29-16-18-30(19-17-29)41(35,36)37)21-26(25-8-12-27(33)13-9-25)20-22(3)24-10-14-28(15-11-24)39-23(4)38-7-2/h8-19,22-23,26,33H,6-7,20-21H2,1-5H3,(H,35,36,37)/p-1. The number of hydrogen-bond acceptors (Lipinski definition) is 8. The van der Waals surface area contributed by atoms with Crippen molar-refractivity contribution < 1.29 is 37.1 Å². The number of ether oxygens (including phenoxy) is 3. The summed E-state index contributed by atoms with van der Waals surface area (Å²) < 4.78 is 50.6. The summed E-state index contributed by atoms with van der Waals surface area (Å²) in [5, 5.41) is 9.87. The summed E-state index contributed by atoms with van der Waals surface area (Å²) in [6, 6.07) is 19.8. The van der Waals surface area contributed by atoms with Crippen LogP contribution in [0, 0.1) is 5.41 Å². The molecule has 0 bridgehead atoms. The predicted molar refractivity (Wildman–Crippen MR) is 155 cm³/mol. The Morgan fingerprint density at radius 1 is 0.902 bits per heavy atom. The van der Waals surface area contributed by atoms with Crippen molar-refractivity contribution in [1.82, 2.24) is 0 Å². The van der Waals surface area contributed by atoms with Gasteiger partial charge in [0.1, 0.15) is 27.4 Å². The molecule has 0 aliphatic carbocycles. The van der Waals surface area contributed by atoms with Gasteiger partial charge in [-0.3, -0.25) is 4.79 Å². The van der Waals surface area contributed by atoms with Crippen LogP contribution in [0.15, 0.2) is 77.7 Å². The molecule has 3 rings (SSSR count). The van der Waals surface area contributed by atoms with Crippen molar-refractivity contribution in [2.75, 3.05) is 6.61 Å². The third kappa shape index (κ3) is 9.05. The maximum atomic E-state index is 13.4. The number of phenolic OH excluding ortho intramolecular Hbond substituents is 1. The lowest BCUT2D eigenvalue weighted by Gasteiger charge is -2.32. The Morgan fingerprint density at radius 2 is 1.46 bits per heavy atom. The van der Waals surface area contributed by atoms with E-state index in [9.17, 15) is 22.9 Å². The van der Waals surface area contributed by atoms with E-state index in [1.807, 2.05) is 64.1 Å². The fourth-order valence-electron chi connectivity index (χ4n) is 4.80. The molecule has 0 spiro atoms. The molecule has 0 aliphatic rings. The Bertz CT molecular complexity index is 1370. The van der Waals surface area contributed by atoms with Gasteiger partial charge in [0, 0.05) is 6.61 Å². The highest BCUT2D eigenvalue weighted by Gasteiger charge is 2.37. The Hall–Kier alpha value is -3.40. The third-order valence-electron chi connectivity index (χ3n) is 7.45. The maximum absolute atomic E-state index is 13.4. The minimum absolute atomic E-state index is 0.0371. The molecule has 41 heavy (non-hydrogen) atoms. The first-order valence-corrected chi connectivity index (χ1v) is 15.2. The van der Waals surface area contributed by atoms with E-state index in [4.69, 9.17) is 14.2 Å². The average Bonchev–Trinajstić information content (AvgIpc) is 2.93. The first-order valence-electron chi connectivity index (χ1n) is 13.8. The summed E-state index contributed by atoms with van der Waals surface area (Å²) in [6.45, 7) is 10.3. The van der Waals surface area contributed by atoms with Crippen LogP contribution in [0.25, 0.3) is 0 Å². The van der Waals surface area contributed by atoms with Crippen LogP contribution in [-0.2, 0) is 19.6 Å². The zero-order valence-corrected chi connectivity index (χ0v) is 25.0. The zero-order valence-electron chi connectivity index (χ0n) is 24.2. The van der Waals surface area contributed by atoms with Crippen molar-refractivity contribution in [3.8, 4) is 17.2 Å². The van der Waals surface area contributed by atoms with E-state index in [1.54, 1.807) is 12.1 Å². The third-order valence-corrected chi connectivity index (χ3v) is 8.30. The normalized spacial score (nSPS) is 15.4. The number of carbonyl (C=O) groups is 1. The molecule has 4 atom stereocenters. The summed E-state index contributed by atoms with van der Waals surface area (Å²) in [7, 11) is -4.60. The van der Waals surface area contributed by atoms with E-state index in [0.29, 0.717) is 19.4 Å². The van der Waals surface area contributed by atoms with Gasteiger partial charge in [-0.05, 0) is 112 Å². The molecule has 0 saturated carbocycles. The van der Waals surface area contributed by atoms with Crippen LogP contribution in [0.2, 0.25) is 0 Å². The molecule has 0 radical (unpaired) electrons. The molecule has 0 saturated heterocycles. The van der Waals surface area contributed by atoms with E-state index in [2.05, 4.69) is 6.92 Å². The summed E-state index contributed by atoms with van der Waals surface area (Å²) >= 11 is 0. The van der Waals surface area contributed by atoms with Crippen molar-refractivity contribution in [3.05, 3.63) is 83.9 Å². The molecule has 8 nitrogen and oxygen atoms in total. The number of carbonyl (C=O) groups excluding carboxylic acids is 1. The second-order valence-corrected chi connectivity index (χ2v) is 11.9. The lowest BCUT2D eigenvalue weighted by atomic mass is 9.73. The summed E-state index contributed by atoms with van der Waals surface area (Å²) in [4.78, 5) is 13.0. The molecule has 0 heterocycles. The van der Waals surface area contributed by atoms with Crippen LogP contribution in [0.4, 0.5) is 0 Å². The number of benzene rings is 3. The van der Waals surface area contributed by atoms with E-state index >= 15 is 0 Å². The van der Waals surface area contributed by atoms with Crippen molar-refractivity contribution in [3.63, 3.8) is 0 Å². The SMILES string of the molecule is CCOC(C)Oc1ccc(C(C)CC(CC(C)(CC)C(=O)Oc2ccc(S(=O)(=O)[O-])cc2)c2ccc(O)cc2)cc1. The van der Waals surface area contributed by atoms with Crippen molar-refractivity contribution >= 4 is 16.1 Å². The topological polar surface area (TPSA) is 122 Å². The van der Waals surface area contributed by atoms with Gasteiger partial charge in [-0.1, -0.05) is 38.1 Å². The Labute approximate surface area is 243 Å². The van der Waals surface area contributed by atoms with Gasteiger partial charge in [0.15, 0.2) is 6.29 Å². The molecule has 3 aromatic rings. The van der Waals surface area contributed by atoms with Gasteiger partial charge in [-0.2, -0.15) is 0 Å². The zero-order chi connectivity index (χ0) is 30.2.